The lowest BCUT2D eigenvalue weighted by atomic mass is 10.2. The van der Waals surface area contributed by atoms with Crippen molar-refractivity contribution in [3.05, 3.63) is 54.3 Å². The van der Waals surface area contributed by atoms with Crippen LogP contribution in [-0.2, 0) is 4.79 Å². The summed E-state index contributed by atoms with van der Waals surface area (Å²) >= 11 is 1.13. The van der Waals surface area contributed by atoms with E-state index in [0.29, 0.717) is 31.1 Å². The van der Waals surface area contributed by atoms with Gasteiger partial charge >= 0.3 is 0 Å². The molecule has 1 aromatic heterocycles. The summed E-state index contributed by atoms with van der Waals surface area (Å²) in [6.07, 6.45) is 0. The number of nitrogens with zero attached hydrogens (tertiary/aromatic N) is 2. The van der Waals surface area contributed by atoms with Gasteiger partial charge in [-0.25, -0.2) is 4.39 Å². The fraction of sp³-hybridized carbons (Fsp3) is 0.250. The summed E-state index contributed by atoms with van der Waals surface area (Å²) in [7, 11) is 0. The third-order valence-corrected chi connectivity index (χ3v) is 4.47. The Labute approximate surface area is 171 Å². The number of ether oxygens (including phenoxy) is 2. The normalized spacial score (nSPS) is 10.6. The Morgan fingerprint density at radius 1 is 1.07 bits per heavy atom. The predicted octanol–water partition coefficient (Wildman–Crippen LogP) is 3.56. The minimum absolute atomic E-state index is 0.133. The van der Waals surface area contributed by atoms with Crippen LogP contribution in [0.5, 0.6) is 11.5 Å². The Morgan fingerprint density at radius 3 is 2.45 bits per heavy atom. The number of halogens is 1. The van der Waals surface area contributed by atoms with Gasteiger partial charge < -0.3 is 19.2 Å². The number of rotatable bonds is 10. The summed E-state index contributed by atoms with van der Waals surface area (Å²) < 4.78 is 29.4. The predicted molar refractivity (Wildman–Crippen MR) is 107 cm³/mol. The molecule has 29 heavy (non-hydrogen) atoms. The molecule has 0 saturated heterocycles. The maximum Gasteiger partial charge on any atom is 0.277 e. The second-order valence-electron chi connectivity index (χ2n) is 5.77. The number of carbonyl (C=O) groups excluding carboxylic acids is 1. The summed E-state index contributed by atoms with van der Waals surface area (Å²) in [5.74, 6) is 1.38. The van der Waals surface area contributed by atoms with Gasteiger partial charge in [0.05, 0.1) is 18.9 Å². The molecule has 0 atom stereocenters. The lowest BCUT2D eigenvalue weighted by Crippen LogP contribution is -2.29. The van der Waals surface area contributed by atoms with Crippen molar-refractivity contribution < 1.29 is 23.1 Å². The van der Waals surface area contributed by atoms with Gasteiger partial charge in [0, 0.05) is 5.56 Å². The molecular weight excluding hydrogens is 397 g/mol. The van der Waals surface area contributed by atoms with Crippen LogP contribution in [-0.4, -0.2) is 41.6 Å². The maximum atomic E-state index is 13.0. The van der Waals surface area contributed by atoms with Crippen LogP contribution in [0.15, 0.2) is 58.2 Å². The highest BCUT2D eigenvalue weighted by Crippen LogP contribution is 2.23. The second-order valence-corrected chi connectivity index (χ2v) is 6.70. The number of nitrogens with one attached hydrogen (secondary N) is 1. The van der Waals surface area contributed by atoms with Gasteiger partial charge in [-0.2, -0.15) is 0 Å². The van der Waals surface area contributed by atoms with Crippen molar-refractivity contribution in [3.8, 4) is 23.0 Å². The quantitative estimate of drug-likeness (QED) is 0.399. The van der Waals surface area contributed by atoms with Crippen LogP contribution in [0.1, 0.15) is 6.92 Å². The van der Waals surface area contributed by atoms with E-state index in [4.69, 9.17) is 13.9 Å². The average Bonchev–Trinajstić information content (AvgIpc) is 3.21. The first kappa shape index (κ1) is 20.7. The van der Waals surface area contributed by atoms with E-state index in [9.17, 15) is 9.18 Å². The highest BCUT2D eigenvalue weighted by Gasteiger charge is 2.11. The summed E-state index contributed by atoms with van der Waals surface area (Å²) in [4.78, 5) is 11.9. The zero-order valence-corrected chi connectivity index (χ0v) is 16.6. The molecule has 1 N–H and O–H groups in total. The first-order chi connectivity index (χ1) is 14.1. The summed E-state index contributed by atoms with van der Waals surface area (Å²) in [6.45, 7) is 3.26. The monoisotopic (exact) mass is 417 g/mol. The molecule has 0 spiro atoms. The van der Waals surface area contributed by atoms with Crippen molar-refractivity contribution in [2.24, 2.45) is 0 Å². The van der Waals surface area contributed by atoms with Gasteiger partial charge in [-0.1, -0.05) is 11.8 Å². The van der Waals surface area contributed by atoms with Crippen LogP contribution in [0.3, 0.4) is 0 Å². The largest absolute Gasteiger partial charge is 0.494 e. The molecule has 0 aliphatic carbocycles. The highest BCUT2D eigenvalue weighted by atomic mass is 32.2. The molecule has 0 aliphatic rings. The number of thioether (sulfide) groups is 1. The van der Waals surface area contributed by atoms with Gasteiger partial charge in [-0.3, -0.25) is 4.79 Å². The van der Waals surface area contributed by atoms with E-state index in [-0.39, 0.29) is 28.6 Å². The third-order valence-electron chi connectivity index (χ3n) is 3.65. The van der Waals surface area contributed by atoms with Crippen LogP contribution in [0.25, 0.3) is 11.5 Å². The van der Waals surface area contributed by atoms with Crippen molar-refractivity contribution in [2.45, 2.75) is 12.1 Å². The highest BCUT2D eigenvalue weighted by molar-refractivity contribution is 7.99. The molecule has 0 fully saturated rings. The van der Waals surface area contributed by atoms with E-state index >= 15 is 0 Å². The molecule has 3 aromatic rings. The van der Waals surface area contributed by atoms with E-state index < -0.39 is 0 Å². The number of hydrogen-bond donors (Lipinski definition) is 1. The summed E-state index contributed by atoms with van der Waals surface area (Å²) in [6, 6.07) is 13.0. The number of aromatic nitrogens is 2. The molecule has 7 nitrogen and oxygen atoms in total. The topological polar surface area (TPSA) is 86.5 Å². The molecule has 3 rings (SSSR count). The van der Waals surface area contributed by atoms with Crippen LogP contribution in [0, 0.1) is 5.82 Å². The molecule has 9 heteroatoms. The van der Waals surface area contributed by atoms with Crippen LogP contribution < -0.4 is 14.8 Å². The molecule has 0 unspecified atom stereocenters. The minimum atomic E-state index is -0.342. The Hall–Kier alpha value is -3.07. The van der Waals surface area contributed by atoms with Gasteiger partial charge in [0.1, 0.15) is 23.9 Å². The smallest absolute Gasteiger partial charge is 0.277 e. The van der Waals surface area contributed by atoms with E-state index in [1.54, 1.807) is 12.1 Å². The molecule has 1 amide bonds. The molecule has 0 bridgehead atoms. The lowest BCUT2D eigenvalue weighted by molar-refractivity contribution is -0.118. The number of hydrogen-bond acceptors (Lipinski definition) is 7. The van der Waals surface area contributed by atoms with E-state index in [2.05, 4.69) is 15.5 Å². The zero-order chi connectivity index (χ0) is 20.5. The second kappa shape index (κ2) is 10.5. The molecule has 0 saturated carbocycles. The van der Waals surface area contributed by atoms with Crippen molar-refractivity contribution >= 4 is 17.7 Å². The Balaban J connectivity index is 1.35. The number of carbonyl (C=O) groups is 1. The maximum absolute atomic E-state index is 13.0. The Morgan fingerprint density at radius 2 is 1.76 bits per heavy atom. The van der Waals surface area contributed by atoms with E-state index in [1.807, 2.05) is 31.2 Å². The molecule has 152 valence electrons. The molecular formula is C20H20FN3O4S. The fourth-order valence-corrected chi connectivity index (χ4v) is 2.91. The minimum Gasteiger partial charge on any atom is -0.494 e. The van der Waals surface area contributed by atoms with Gasteiger partial charge in [0.25, 0.3) is 5.22 Å². The molecule has 2 aromatic carbocycles. The molecule has 0 radical (unpaired) electrons. The summed E-state index contributed by atoms with van der Waals surface area (Å²) in [5, 5.41) is 10.8. The van der Waals surface area contributed by atoms with E-state index in [1.165, 1.54) is 12.1 Å². The Kier molecular flexibility index (Phi) is 7.46. The van der Waals surface area contributed by atoms with Crippen LogP contribution in [0.2, 0.25) is 0 Å². The fourth-order valence-electron chi connectivity index (χ4n) is 2.31. The standard InChI is InChI=1S/C20H20FN3O4S/c1-2-26-16-7-9-17(10-8-16)27-12-11-22-18(25)13-29-20-24-23-19(28-20)14-3-5-15(21)6-4-14/h3-10H,2,11-13H2,1H3,(H,22,25). The van der Waals surface area contributed by atoms with Crippen LogP contribution >= 0.6 is 11.8 Å². The van der Waals surface area contributed by atoms with Crippen molar-refractivity contribution in [2.75, 3.05) is 25.5 Å². The lowest BCUT2D eigenvalue weighted by Gasteiger charge is -2.08. The van der Waals surface area contributed by atoms with Crippen LogP contribution in [0.4, 0.5) is 4.39 Å². The zero-order valence-electron chi connectivity index (χ0n) is 15.8. The Bertz CT molecular complexity index is 916. The molecule has 0 aliphatic heterocycles. The van der Waals surface area contributed by atoms with Gasteiger partial charge in [-0.05, 0) is 55.5 Å². The third kappa shape index (κ3) is 6.49. The van der Waals surface area contributed by atoms with Gasteiger partial charge in [0.2, 0.25) is 11.8 Å². The van der Waals surface area contributed by atoms with Crippen molar-refractivity contribution in [1.29, 1.82) is 0 Å². The van der Waals surface area contributed by atoms with Crippen molar-refractivity contribution in [3.63, 3.8) is 0 Å². The average molecular weight is 417 g/mol. The van der Waals surface area contributed by atoms with E-state index in [0.717, 1.165) is 17.5 Å². The molecule has 1 heterocycles. The first-order valence-corrected chi connectivity index (χ1v) is 9.97. The van der Waals surface area contributed by atoms with Gasteiger partial charge in [-0.15, -0.1) is 10.2 Å². The number of benzene rings is 2. The SMILES string of the molecule is CCOc1ccc(OCCNC(=O)CSc2nnc(-c3ccc(F)cc3)o2)cc1. The van der Waals surface area contributed by atoms with Crippen molar-refractivity contribution in [1.82, 2.24) is 15.5 Å². The first-order valence-electron chi connectivity index (χ1n) is 8.98. The number of amides is 1. The summed E-state index contributed by atoms with van der Waals surface area (Å²) in [5.41, 5.74) is 0.613. The van der Waals surface area contributed by atoms with Gasteiger partial charge in [0.15, 0.2) is 0 Å².